The highest BCUT2D eigenvalue weighted by Gasteiger charge is 2.09. The number of rotatable bonds is 4. The van der Waals surface area contributed by atoms with Crippen LogP contribution >= 0.6 is 35.0 Å². The van der Waals surface area contributed by atoms with E-state index in [1.54, 1.807) is 12.1 Å². The second kappa shape index (κ2) is 6.52. The van der Waals surface area contributed by atoms with Crippen molar-refractivity contribution < 1.29 is 4.42 Å². The zero-order chi connectivity index (χ0) is 14.7. The Morgan fingerprint density at radius 2 is 1.71 bits per heavy atom. The monoisotopic (exact) mass is 336 g/mol. The molecule has 2 aromatic carbocycles. The first-order valence-electron chi connectivity index (χ1n) is 6.17. The maximum absolute atomic E-state index is 5.95. The molecule has 0 saturated carbocycles. The van der Waals surface area contributed by atoms with Gasteiger partial charge in [0.2, 0.25) is 5.89 Å². The van der Waals surface area contributed by atoms with Crippen LogP contribution in [0, 0.1) is 0 Å². The summed E-state index contributed by atoms with van der Waals surface area (Å²) in [6.45, 7) is 0. The van der Waals surface area contributed by atoms with Crippen LogP contribution in [0.3, 0.4) is 0 Å². The molecule has 21 heavy (non-hydrogen) atoms. The lowest BCUT2D eigenvalue weighted by Gasteiger charge is -1.98. The van der Waals surface area contributed by atoms with Crippen molar-refractivity contribution in [1.82, 2.24) is 10.2 Å². The lowest BCUT2D eigenvalue weighted by Crippen LogP contribution is -1.80. The molecule has 0 atom stereocenters. The van der Waals surface area contributed by atoms with E-state index in [9.17, 15) is 0 Å². The highest BCUT2D eigenvalue weighted by Crippen LogP contribution is 2.27. The van der Waals surface area contributed by atoms with Crippen molar-refractivity contribution in [3.05, 3.63) is 64.1 Å². The topological polar surface area (TPSA) is 38.9 Å². The quantitative estimate of drug-likeness (QED) is 0.603. The lowest BCUT2D eigenvalue weighted by atomic mass is 10.2. The summed E-state index contributed by atoms with van der Waals surface area (Å²) in [5.41, 5.74) is 1.92. The van der Waals surface area contributed by atoms with Crippen molar-refractivity contribution in [2.45, 2.75) is 11.0 Å². The van der Waals surface area contributed by atoms with Crippen molar-refractivity contribution in [3.8, 4) is 11.5 Å². The fourth-order valence-corrected chi connectivity index (χ4v) is 2.89. The van der Waals surface area contributed by atoms with Gasteiger partial charge in [0.05, 0.1) is 0 Å². The minimum Gasteiger partial charge on any atom is -0.411 e. The molecule has 0 spiro atoms. The second-order valence-electron chi connectivity index (χ2n) is 4.30. The lowest BCUT2D eigenvalue weighted by molar-refractivity contribution is 0.466. The van der Waals surface area contributed by atoms with Crippen molar-refractivity contribution in [3.63, 3.8) is 0 Å². The molecule has 3 nitrogen and oxygen atoms in total. The standard InChI is InChI=1S/C15H10Cl2N2OS/c16-12-5-1-3-10(7-12)9-21-15-19-18-14(20-15)11-4-2-6-13(17)8-11/h1-8H,9H2. The first kappa shape index (κ1) is 14.4. The van der Waals surface area contributed by atoms with Crippen LogP contribution in [0.2, 0.25) is 10.0 Å². The molecule has 3 rings (SSSR count). The molecule has 1 aromatic heterocycles. The molecule has 0 bridgehead atoms. The van der Waals surface area contributed by atoms with Crippen molar-refractivity contribution in [1.29, 1.82) is 0 Å². The second-order valence-corrected chi connectivity index (χ2v) is 6.10. The molecule has 0 amide bonds. The Morgan fingerprint density at radius 3 is 2.48 bits per heavy atom. The number of nitrogens with zero attached hydrogens (tertiary/aromatic N) is 2. The average Bonchev–Trinajstić information content (AvgIpc) is 2.94. The van der Waals surface area contributed by atoms with Crippen LogP contribution in [0.5, 0.6) is 0 Å². The highest BCUT2D eigenvalue weighted by atomic mass is 35.5. The van der Waals surface area contributed by atoms with Crippen LogP contribution in [0.1, 0.15) is 5.56 Å². The van der Waals surface area contributed by atoms with E-state index < -0.39 is 0 Å². The SMILES string of the molecule is Clc1cccc(CSc2nnc(-c3cccc(Cl)c3)o2)c1. The molecule has 3 aromatic rings. The van der Waals surface area contributed by atoms with E-state index in [1.165, 1.54) is 11.8 Å². The van der Waals surface area contributed by atoms with E-state index in [2.05, 4.69) is 10.2 Å². The van der Waals surface area contributed by atoms with Gasteiger partial charge in [-0.1, -0.05) is 53.2 Å². The summed E-state index contributed by atoms with van der Waals surface area (Å²) in [4.78, 5) is 0. The van der Waals surface area contributed by atoms with Gasteiger partial charge in [-0.05, 0) is 35.9 Å². The first-order valence-corrected chi connectivity index (χ1v) is 7.91. The number of hydrogen-bond donors (Lipinski definition) is 0. The van der Waals surface area contributed by atoms with Gasteiger partial charge in [-0.25, -0.2) is 0 Å². The molecule has 0 N–H and O–H groups in total. The Hall–Kier alpha value is -1.49. The van der Waals surface area contributed by atoms with Crippen LogP contribution in [0.25, 0.3) is 11.5 Å². The number of benzene rings is 2. The molecule has 0 aliphatic carbocycles. The molecule has 0 radical (unpaired) electrons. The van der Waals surface area contributed by atoms with Gasteiger partial charge >= 0.3 is 0 Å². The Kier molecular flexibility index (Phi) is 4.48. The van der Waals surface area contributed by atoms with Gasteiger partial charge in [0.25, 0.3) is 5.22 Å². The fraction of sp³-hybridized carbons (Fsp3) is 0.0667. The predicted molar refractivity (Wildman–Crippen MR) is 85.8 cm³/mol. The molecule has 0 aliphatic rings. The fourth-order valence-electron chi connectivity index (χ4n) is 1.78. The molecule has 6 heteroatoms. The van der Waals surface area contributed by atoms with E-state index in [-0.39, 0.29) is 0 Å². The van der Waals surface area contributed by atoms with Gasteiger partial charge in [0.15, 0.2) is 0 Å². The predicted octanol–water partition coefficient (Wildman–Crippen LogP) is 5.34. The molecular weight excluding hydrogens is 327 g/mol. The van der Waals surface area contributed by atoms with Gasteiger partial charge in [0.1, 0.15) is 0 Å². The van der Waals surface area contributed by atoms with Gasteiger partial charge in [-0.3, -0.25) is 0 Å². The van der Waals surface area contributed by atoms with Gasteiger partial charge in [0, 0.05) is 21.4 Å². The molecule has 1 heterocycles. The summed E-state index contributed by atoms with van der Waals surface area (Å²) in [7, 11) is 0. The largest absolute Gasteiger partial charge is 0.411 e. The zero-order valence-corrected chi connectivity index (χ0v) is 13.1. The van der Waals surface area contributed by atoms with Crippen LogP contribution in [-0.4, -0.2) is 10.2 Å². The maximum Gasteiger partial charge on any atom is 0.277 e. The maximum atomic E-state index is 5.95. The van der Waals surface area contributed by atoms with Crippen LogP contribution in [-0.2, 0) is 5.75 Å². The number of hydrogen-bond acceptors (Lipinski definition) is 4. The molecule has 0 aliphatic heterocycles. The Morgan fingerprint density at radius 1 is 0.952 bits per heavy atom. The van der Waals surface area contributed by atoms with Gasteiger partial charge in [-0.2, -0.15) is 0 Å². The van der Waals surface area contributed by atoms with E-state index in [4.69, 9.17) is 27.6 Å². The Labute approximate surface area is 136 Å². The number of aromatic nitrogens is 2. The van der Waals surface area contributed by atoms with Crippen LogP contribution in [0.4, 0.5) is 0 Å². The first-order chi connectivity index (χ1) is 10.2. The van der Waals surface area contributed by atoms with Crippen molar-refractivity contribution >= 4 is 35.0 Å². The summed E-state index contributed by atoms with van der Waals surface area (Å²) >= 11 is 13.4. The van der Waals surface area contributed by atoms with Crippen LogP contribution < -0.4 is 0 Å². The Balaban J connectivity index is 1.71. The molecule has 0 saturated heterocycles. The third-order valence-corrected chi connectivity index (χ3v) is 4.09. The molecule has 0 fully saturated rings. The Bertz CT molecular complexity index is 761. The summed E-state index contributed by atoms with van der Waals surface area (Å²) in [6, 6.07) is 15.0. The van der Waals surface area contributed by atoms with E-state index in [1.807, 2.05) is 36.4 Å². The van der Waals surface area contributed by atoms with Gasteiger partial charge in [-0.15, -0.1) is 10.2 Å². The van der Waals surface area contributed by atoms with E-state index >= 15 is 0 Å². The third-order valence-electron chi connectivity index (χ3n) is 2.73. The summed E-state index contributed by atoms with van der Waals surface area (Å²) < 4.78 is 5.63. The van der Waals surface area contributed by atoms with Crippen LogP contribution in [0.15, 0.2) is 58.2 Å². The van der Waals surface area contributed by atoms with Crippen molar-refractivity contribution in [2.24, 2.45) is 0 Å². The minimum absolute atomic E-state index is 0.464. The average molecular weight is 337 g/mol. The zero-order valence-electron chi connectivity index (χ0n) is 10.8. The summed E-state index contributed by atoms with van der Waals surface area (Å²) in [6.07, 6.45) is 0. The number of thioether (sulfide) groups is 1. The molecular formula is C15H10Cl2N2OS. The van der Waals surface area contributed by atoms with E-state index in [0.717, 1.165) is 21.9 Å². The normalized spacial score (nSPS) is 10.8. The third kappa shape index (κ3) is 3.79. The summed E-state index contributed by atoms with van der Waals surface area (Å²) in [5, 5.41) is 9.94. The minimum atomic E-state index is 0.464. The molecule has 0 unspecified atom stereocenters. The highest BCUT2D eigenvalue weighted by molar-refractivity contribution is 7.98. The van der Waals surface area contributed by atoms with Crippen molar-refractivity contribution in [2.75, 3.05) is 0 Å². The van der Waals surface area contributed by atoms with Gasteiger partial charge < -0.3 is 4.42 Å². The van der Waals surface area contributed by atoms with E-state index in [0.29, 0.717) is 16.1 Å². The smallest absolute Gasteiger partial charge is 0.277 e. The number of halogens is 2. The molecule has 106 valence electrons. The summed E-state index contributed by atoms with van der Waals surface area (Å²) in [5.74, 6) is 1.18.